The van der Waals surface area contributed by atoms with Crippen LogP contribution in [0.3, 0.4) is 0 Å². The smallest absolute Gasteiger partial charge is 0.230 e. The number of amides is 1. The topological polar surface area (TPSA) is 82.2 Å². The molecule has 2 aromatic carbocycles. The molecule has 0 saturated heterocycles. The summed E-state index contributed by atoms with van der Waals surface area (Å²) in [5, 5.41) is 7.13. The summed E-state index contributed by atoms with van der Waals surface area (Å²) in [5.74, 6) is 0.986. The fourth-order valence-corrected chi connectivity index (χ4v) is 3.13. The third kappa shape index (κ3) is 5.67. The molecule has 7 nitrogen and oxygen atoms in total. The average Bonchev–Trinajstić information content (AvgIpc) is 3.39. The van der Waals surface area contributed by atoms with Gasteiger partial charge in [0.05, 0.1) is 43.8 Å². The third-order valence-corrected chi connectivity index (χ3v) is 4.73. The number of hydrogen-bond donors (Lipinski definition) is 1. The van der Waals surface area contributed by atoms with Crippen LogP contribution in [0.15, 0.2) is 77.5 Å². The molecule has 0 bridgehead atoms. The Labute approximate surface area is 180 Å². The Balaban J connectivity index is 1.26. The van der Waals surface area contributed by atoms with Crippen molar-refractivity contribution >= 4 is 11.6 Å². The van der Waals surface area contributed by atoms with E-state index in [-0.39, 0.29) is 12.3 Å². The lowest BCUT2D eigenvalue weighted by Gasteiger charge is -2.04. The Hall–Kier alpha value is -3.71. The SMILES string of the molecule is Cc1oc(-c2ccccc2)nc1CC(=O)Nc1cnn(CCOCc2ccccc2)c1. The van der Waals surface area contributed by atoms with Gasteiger partial charge < -0.3 is 14.5 Å². The van der Waals surface area contributed by atoms with Crippen LogP contribution in [0.25, 0.3) is 11.5 Å². The molecule has 31 heavy (non-hydrogen) atoms. The third-order valence-electron chi connectivity index (χ3n) is 4.73. The summed E-state index contributed by atoms with van der Waals surface area (Å²) < 4.78 is 13.1. The summed E-state index contributed by atoms with van der Waals surface area (Å²) in [4.78, 5) is 16.9. The number of oxazole rings is 1. The van der Waals surface area contributed by atoms with Crippen LogP contribution < -0.4 is 5.32 Å². The number of aryl methyl sites for hydroxylation is 1. The zero-order chi connectivity index (χ0) is 21.5. The predicted octanol–water partition coefficient (Wildman–Crippen LogP) is 4.24. The number of carbonyl (C=O) groups excluding carboxylic acids is 1. The van der Waals surface area contributed by atoms with Crippen LogP contribution >= 0.6 is 0 Å². The van der Waals surface area contributed by atoms with Gasteiger partial charge in [0.15, 0.2) is 0 Å². The van der Waals surface area contributed by atoms with Crippen molar-refractivity contribution in [2.45, 2.75) is 26.5 Å². The quantitative estimate of drug-likeness (QED) is 0.413. The van der Waals surface area contributed by atoms with Gasteiger partial charge in [-0.1, -0.05) is 48.5 Å². The molecule has 0 fully saturated rings. The lowest BCUT2D eigenvalue weighted by atomic mass is 10.2. The number of nitrogens with zero attached hydrogens (tertiary/aromatic N) is 3. The van der Waals surface area contributed by atoms with Crippen molar-refractivity contribution in [3.63, 3.8) is 0 Å². The van der Waals surface area contributed by atoms with E-state index < -0.39 is 0 Å². The number of carbonyl (C=O) groups is 1. The van der Waals surface area contributed by atoms with Crippen LogP contribution in [0.1, 0.15) is 17.0 Å². The molecule has 0 aliphatic heterocycles. The minimum Gasteiger partial charge on any atom is -0.441 e. The van der Waals surface area contributed by atoms with Crippen LogP contribution in [0.4, 0.5) is 5.69 Å². The second-order valence-electron chi connectivity index (χ2n) is 7.14. The van der Waals surface area contributed by atoms with Crippen molar-refractivity contribution in [1.29, 1.82) is 0 Å². The van der Waals surface area contributed by atoms with Crippen molar-refractivity contribution < 1.29 is 13.9 Å². The highest BCUT2D eigenvalue weighted by Crippen LogP contribution is 2.21. The molecule has 0 spiro atoms. The summed E-state index contributed by atoms with van der Waals surface area (Å²) in [5.41, 5.74) is 3.28. The number of anilines is 1. The van der Waals surface area contributed by atoms with Gasteiger partial charge in [-0.05, 0) is 24.6 Å². The van der Waals surface area contributed by atoms with Gasteiger partial charge in [0.25, 0.3) is 0 Å². The van der Waals surface area contributed by atoms with Crippen LogP contribution in [-0.2, 0) is 29.1 Å². The zero-order valence-corrected chi connectivity index (χ0v) is 17.3. The molecule has 2 heterocycles. The molecule has 0 aliphatic carbocycles. The first-order chi connectivity index (χ1) is 15.2. The molecule has 0 atom stereocenters. The van der Waals surface area contributed by atoms with E-state index in [0.29, 0.717) is 42.8 Å². The van der Waals surface area contributed by atoms with Crippen LogP contribution in [0.5, 0.6) is 0 Å². The molecule has 7 heteroatoms. The fraction of sp³-hybridized carbons (Fsp3) is 0.208. The van der Waals surface area contributed by atoms with E-state index in [1.165, 1.54) is 0 Å². The maximum atomic E-state index is 12.5. The molecule has 1 N–H and O–H groups in total. The van der Waals surface area contributed by atoms with Crippen LogP contribution in [-0.4, -0.2) is 27.3 Å². The normalized spacial score (nSPS) is 10.9. The molecule has 1 amide bonds. The van der Waals surface area contributed by atoms with Gasteiger partial charge in [0, 0.05) is 11.8 Å². The van der Waals surface area contributed by atoms with E-state index in [2.05, 4.69) is 15.4 Å². The Kier molecular flexibility index (Phi) is 6.54. The van der Waals surface area contributed by atoms with Crippen molar-refractivity contribution in [2.75, 3.05) is 11.9 Å². The van der Waals surface area contributed by atoms with Gasteiger partial charge in [-0.25, -0.2) is 4.98 Å². The standard InChI is InChI=1S/C24H24N4O3/c1-18-22(27-24(31-18)20-10-6-3-7-11-20)14-23(29)26-21-15-25-28(16-21)12-13-30-17-19-8-4-2-5-9-19/h2-11,15-16H,12-14,17H2,1H3,(H,26,29). The summed E-state index contributed by atoms with van der Waals surface area (Å²) in [6.45, 7) is 3.51. The Morgan fingerprint density at radius 1 is 1.10 bits per heavy atom. The van der Waals surface area contributed by atoms with Crippen LogP contribution in [0, 0.1) is 6.92 Å². The van der Waals surface area contributed by atoms with Gasteiger partial charge in [-0.2, -0.15) is 5.10 Å². The molecule has 4 aromatic rings. The van der Waals surface area contributed by atoms with E-state index in [9.17, 15) is 4.79 Å². The molecular formula is C24H24N4O3. The minimum atomic E-state index is -0.170. The molecule has 0 unspecified atom stereocenters. The maximum Gasteiger partial charge on any atom is 0.230 e. The second kappa shape index (κ2) is 9.86. The summed E-state index contributed by atoms with van der Waals surface area (Å²) in [7, 11) is 0. The Bertz CT molecular complexity index is 1120. The van der Waals surface area contributed by atoms with E-state index in [0.717, 1.165) is 11.1 Å². The second-order valence-corrected chi connectivity index (χ2v) is 7.14. The molecular weight excluding hydrogens is 392 g/mol. The molecule has 158 valence electrons. The lowest BCUT2D eigenvalue weighted by Crippen LogP contribution is -2.15. The van der Waals surface area contributed by atoms with Crippen molar-refractivity contribution in [2.24, 2.45) is 0 Å². The molecule has 2 aromatic heterocycles. The largest absolute Gasteiger partial charge is 0.441 e. The molecule has 4 rings (SSSR count). The number of ether oxygens (including phenoxy) is 1. The van der Waals surface area contributed by atoms with E-state index in [4.69, 9.17) is 9.15 Å². The summed E-state index contributed by atoms with van der Waals surface area (Å²) in [6, 6.07) is 19.6. The highest BCUT2D eigenvalue weighted by atomic mass is 16.5. The summed E-state index contributed by atoms with van der Waals surface area (Å²) in [6.07, 6.45) is 3.54. The van der Waals surface area contributed by atoms with Gasteiger partial charge in [0.1, 0.15) is 5.76 Å². The average molecular weight is 416 g/mol. The Morgan fingerprint density at radius 3 is 2.61 bits per heavy atom. The zero-order valence-electron chi connectivity index (χ0n) is 17.3. The minimum absolute atomic E-state index is 0.132. The molecule has 0 saturated carbocycles. The number of hydrogen-bond acceptors (Lipinski definition) is 5. The van der Waals surface area contributed by atoms with E-state index >= 15 is 0 Å². The van der Waals surface area contributed by atoms with Crippen molar-refractivity contribution in [3.05, 3.63) is 90.1 Å². The lowest BCUT2D eigenvalue weighted by molar-refractivity contribution is -0.115. The molecule has 0 radical (unpaired) electrons. The predicted molar refractivity (Wildman–Crippen MR) is 117 cm³/mol. The number of benzene rings is 2. The van der Waals surface area contributed by atoms with Gasteiger partial charge in [0.2, 0.25) is 11.8 Å². The van der Waals surface area contributed by atoms with Gasteiger partial charge in [-0.3, -0.25) is 9.48 Å². The number of rotatable bonds is 9. The molecule has 0 aliphatic rings. The monoisotopic (exact) mass is 416 g/mol. The first kappa shape index (κ1) is 20.6. The highest BCUT2D eigenvalue weighted by molar-refractivity contribution is 5.91. The first-order valence-electron chi connectivity index (χ1n) is 10.1. The Morgan fingerprint density at radius 2 is 1.84 bits per heavy atom. The van der Waals surface area contributed by atoms with Crippen molar-refractivity contribution in [1.82, 2.24) is 14.8 Å². The van der Waals surface area contributed by atoms with Gasteiger partial charge >= 0.3 is 0 Å². The first-order valence-corrected chi connectivity index (χ1v) is 10.1. The fourth-order valence-electron chi connectivity index (χ4n) is 3.13. The van der Waals surface area contributed by atoms with Crippen molar-refractivity contribution in [3.8, 4) is 11.5 Å². The van der Waals surface area contributed by atoms with E-state index in [1.807, 2.05) is 67.6 Å². The van der Waals surface area contributed by atoms with Crippen LogP contribution in [0.2, 0.25) is 0 Å². The number of aromatic nitrogens is 3. The maximum absolute atomic E-state index is 12.5. The summed E-state index contributed by atoms with van der Waals surface area (Å²) >= 11 is 0. The van der Waals surface area contributed by atoms with Gasteiger partial charge in [-0.15, -0.1) is 0 Å². The number of nitrogens with one attached hydrogen (secondary N) is 1. The highest BCUT2D eigenvalue weighted by Gasteiger charge is 2.15. The van der Waals surface area contributed by atoms with E-state index in [1.54, 1.807) is 17.1 Å².